The summed E-state index contributed by atoms with van der Waals surface area (Å²) < 4.78 is 26.2. The molecule has 0 aliphatic carbocycles. The van der Waals surface area contributed by atoms with Crippen LogP contribution in [-0.2, 0) is 0 Å². The lowest BCUT2D eigenvalue weighted by molar-refractivity contribution is 0.237. The van der Waals surface area contributed by atoms with Gasteiger partial charge in [0.05, 0.1) is 0 Å². The third-order valence-electron chi connectivity index (χ3n) is 2.72. The second kappa shape index (κ2) is 4.24. The molecule has 1 unspecified atom stereocenters. The van der Waals surface area contributed by atoms with Gasteiger partial charge >= 0.3 is 0 Å². The molecule has 15 heavy (non-hydrogen) atoms. The number of hydrogen-bond donors (Lipinski definition) is 1. The maximum atomic E-state index is 13.5. The number of likely N-dealkylation sites (N-methyl/N-ethyl adjacent to an activating group) is 1. The van der Waals surface area contributed by atoms with Crippen molar-refractivity contribution in [2.24, 2.45) is 0 Å². The second-order valence-electron chi connectivity index (χ2n) is 3.93. The van der Waals surface area contributed by atoms with Gasteiger partial charge in [-0.1, -0.05) is 6.07 Å². The Morgan fingerprint density at radius 3 is 2.87 bits per heavy atom. The normalized spacial score (nSPS) is 23.0. The highest BCUT2D eigenvalue weighted by atomic mass is 19.1. The summed E-state index contributed by atoms with van der Waals surface area (Å²) in [5, 5.41) is 3.22. The topological polar surface area (TPSA) is 15.3 Å². The minimum Gasteiger partial charge on any atom is -0.307 e. The zero-order valence-electron chi connectivity index (χ0n) is 8.63. The van der Waals surface area contributed by atoms with Gasteiger partial charge in [0.15, 0.2) is 0 Å². The van der Waals surface area contributed by atoms with E-state index in [1.165, 1.54) is 12.1 Å². The van der Waals surface area contributed by atoms with Crippen molar-refractivity contribution in [2.45, 2.75) is 6.04 Å². The van der Waals surface area contributed by atoms with Crippen molar-refractivity contribution in [3.05, 3.63) is 35.4 Å². The lowest BCUT2D eigenvalue weighted by atomic mass is 10.0. The van der Waals surface area contributed by atoms with Crippen LogP contribution in [0.25, 0.3) is 0 Å². The smallest absolute Gasteiger partial charge is 0.130 e. The predicted octanol–water partition coefficient (Wildman–Crippen LogP) is 1.54. The van der Waals surface area contributed by atoms with E-state index in [1.807, 2.05) is 7.05 Å². The van der Waals surface area contributed by atoms with Gasteiger partial charge in [0, 0.05) is 37.3 Å². The molecule has 82 valence electrons. The highest BCUT2D eigenvalue weighted by Gasteiger charge is 2.20. The van der Waals surface area contributed by atoms with E-state index in [1.54, 1.807) is 0 Å². The van der Waals surface area contributed by atoms with Crippen LogP contribution in [0.3, 0.4) is 0 Å². The maximum Gasteiger partial charge on any atom is 0.130 e. The standard InChI is InChI=1S/C11H14F2N2/c1-15-5-4-14-11(7-15)9-3-2-8(12)6-10(9)13/h2-3,6,11,14H,4-5,7H2,1H3. The van der Waals surface area contributed by atoms with E-state index in [4.69, 9.17) is 0 Å². The van der Waals surface area contributed by atoms with Crippen molar-refractivity contribution < 1.29 is 8.78 Å². The fourth-order valence-electron chi connectivity index (χ4n) is 1.89. The van der Waals surface area contributed by atoms with Gasteiger partial charge in [-0.05, 0) is 13.1 Å². The van der Waals surface area contributed by atoms with E-state index in [-0.39, 0.29) is 6.04 Å². The van der Waals surface area contributed by atoms with Crippen molar-refractivity contribution in [3.8, 4) is 0 Å². The van der Waals surface area contributed by atoms with E-state index >= 15 is 0 Å². The quantitative estimate of drug-likeness (QED) is 0.759. The molecule has 1 atom stereocenters. The average molecular weight is 212 g/mol. The SMILES string of the molecule is CN1CCNC(c2ccc(F)cc2F)C1. The van der Waals surface area contributed by atoms with E-state index in [2.05, 4.69) is 10.2 Å². The lowest BCUT2D eigenvalue weighted by Gasteiger charge is -2.31. The van der Waals surface area contributed by atoms with Gasteiger partial charge in [-0.15, -0.1) is 0 Å². The van der Waals surface area contributed by atoms with Gasteiger partial charge in [0.25, 0.3) is 0 Å². The summed E-state index contributed by atoms with van der Waals surface area (Å²) in [5.74, 6) is -0.997. The summed E-state index contributed by atoms with van der Waals surface area (Å²) in [4.78, 5) is 2.13. The van der Waals surface area contributed by atoms with E-state index in [0.29, 0.717) is 5.56 Å². The summed E-state index contributed by atoms with van der Waals surface area (Å²) in [7, 11) is 2.00. The maximum absolute atomic E-state index is 13.5. The molecule has 0 aromatic heterocycles. The Kier molecular flexibility index (Phi) is 2.98. The Bertz CT molecular complexity index is 354. The van der Waals surface area contributed by atoms with Crippen LogP contribution in [0, 0.1) is 11.6 Å². The van der Waals surface area contributed by atoms with Crippen molar-refractivity contribution in [2.75, 3.05) is 26.7 Å². The van der Waals surface area contributed by atoms with Gasteiger partial charge in [0.1, 0.15) is 11.6 Å². The number of benzene rings is 1. The molecule has 0 amide bonds. The highest BCUT2D eigenvalue weighted by Crippen LogP contribution is 2.20. The van der Waals surface area contributed by atoms with Crippen molar-refractivity contribution in [3.63, 3.8) is 0 Å². The van der Waals surface area contributed by atoms with Crippen molar-refractivity contribution in [1.82, 2.24) is 10.2 Å². The Morgan fingerprint density at radius 2 is 2.20 bits per heavy atom. The summed E-state index contributed by atoms with van der Waals surface area (Å²) in [6.45, 7) is 2.54. The Balaban J connectivity index is 2.21. The predicted molar refractivity (Wildman–Crippen MR) is 54.6 cm³/mol. The number of nitrogens with zero attached hydrogens (tertiary/aromatic N) is 1. The molecular formula is C11H14F2N2. The number of hydrogen-bond acceptors (Lipinski definition) is 2. The Hall–Kier alpha value is -1.00. The summed E-state index contributed by atoms with van der Waals surface area (Å²) >= 11 is 0. The Morgan fingerprint density at radius 1 is 1.40 bits per heavy atom. The highest BCUT2D eigenvalue weighted by molar-refractivity contribution is 5.23. The van der Waals surface area contributed by atoms with Gasteiger partial charge in [-0.3, -0.25) is 0 Å². The first-order valence-electron chi connectivity index (χ1n) is 5.03. The van der Waals surface area contributed by atoms with Gasteiger partial charge < -0.3 is 10.2 Å². The lowest BCUT2D eigenvalue weighted by Crippen LogP contribution is -2.44. The molecule has 2 nitrogen and oxygen atoms in total. The van der Waals surface area contributed by atoms with E-state index < -0.39 is 11.6 Å². The molecule has 1 fully saturated rings. The van der Waals surface area contributed by atoms with Gasteiger partial charge in [-0.2, -0.15) is 0 Å². The molecule has 2 rings (SSSR count). The largest absolute Gasteiger partial charge is 0.307 e. The van der Waals surface area contributed by atoms with Crippen LogP contribution in [0.15, 0.2) is 18.2 Å². The van der Waals surface area contributed by atoms with Crippen molar-refractivity contribution in [1.29, 1.82) is 0 Å². The summed E-state index contributed by atoms with van der Waals surface area (Å²) in [5.41, 5.74) is 0.544. The van der Waals surface area contributed by atoms with Gasteiger partial charge in [0.2, 0.25) is 0 Å². The molecule has 1 N–H and O–H groups in total. The molecule has 1 aromatic rings. The number of nitrogens with one attached hydrogen (secondary N) is 1. The molecule has 1 aliphatic rings. The van der Waals surface area contributed by atoms with Crippen LogP contribution in [0.2, 0.25) is 0 Å². The minimum absolute atomic E-state index is 0.0376. The van der Waals surface area contributed by atoms with Crippen LogP contribution in [0.4, 0.5) is 8.78 Å². The van der Waals surface area contributed by atoms with E-state index in [0.717, 1.165) is 25.7 Å². The van der Waals surface area contributed by atoms with Crippen LogP contribution in [-0.4, -0.2) is 31.6 Å². The monoisotopic (exact) mass is 212 g/mol. The summed E-state index contributed by atoms with van der Waals surface area (Å²) in [6, 6.07) is 3.71. The average Bonchev–Trinajstić information content (AvgIpc) is 2.17. The zero-order valence-corrected chi connectivity index (χ0v) is 8.63. The first kappa shape index (κ1) is 10.5. The second-order valence-corrected chi connectivity index (χ2v) is 3.93. The molecule has 1 saturated heterocycles. The third-order valence-corrected chi connectivity index (χ3v) is 2.72. The minimum atomic E-state index is -0.527. The molecule has 1 heterocycles. The molecule has 1 aromatic carbocycles. The number of piperazine rings is 1. The van der Waals surface area contributed by atoms with Crippen LogP contribution in [0.5, 0.6) is 0 Å². The molecule has 4 heteroatoms. The fraction of sp³-hybridized carbons (Fsp3) is 0.455. The molecule has 0 radical (unpaired) electrons. The van der Waals surface area contributed by atoms with Gasteiger partial charge in [-0.25, -0.2) is 8.78 Å². The molecule has 1 aliphatic heterocycles. The number of rotatable bonds is 1. The van der Waals surface area contributed by atoms with Crippen LogP contribution < -0.4 is 5.32 Å². The molecular weight excluding hydrogens is 198 g/mol. The molecule has 0 spiro atoms. The van der Waals surface area contributed by atoms with Crippen molar-refractivity contribution >= 4 is 0 Å². The molecule has 0 saturated carbocycles. The first-order valence-corrected chi connectivity index (χ1v) is 5.03. The number of halogens is 2. The zero-order chi connectivity index (χ0) is 10.8. The van der Waals surface area contributed by atoms with Crippen LogP contribution >= 0.6 is 0 Å². The third kappa shape index (κ3) is 2.33. The fourth-order valence-corrected chi connectivity index (χ4v) is 1.89. The Labute approximate surface area is 87.9 Å². The first-order chi connectivity index (χ1) is 7.16. The van der Waals surface area contributed by atoms with E-state index in [9.17, 15) is 8.78 Å². The van der Waals surface area contributed by atoms with Crippen LogP contribution in [0.1, 0.15) is 11.6 Å². The summed E-state index contributed by atoms with van der Waals surface area (Å²) in [6.07, 6.45) is 0. The molecule has 0 bridgehead atoms.